The zero-order valence-corrected chi connectivity index (χ0v) is 27.8. The molecule has 0 bridgehead atoms. The Balaban J connectivity index is 1.50. The molecule has 5 aromatic carbocycles. The summed E-state index contributed by atoms with van der Waals surface area (Å²) in [5.41, 5.74) is 9.37. The predicted molar refractivity (Wildman–Crippen MR) is 191 cm³/mol. The lowest BCUT2D eigenvalue weighted by molar-refractivity contribution is 0.320. The van der Waals surface area contributed by atoms with Crippen molar-refractivity contribution in [3.8, 4) is 0 Å². The monoisotopic (exact) mass is 580 g/mol. The van der Waals surface area contributed by atoms with Gasteiger partial charge in [-0.2, -0.15) is 0 Å². The number of hydrogen-bond acceptors (Lipinski definition) is 2. The van der Waals surface area contributed by atoms with Crippen LogP contribution in [0.5, 0.6) is 0 Å². The molecular weight excluding hydrogens is 532 g/mol. The molecule has 1 heterocycles. The van der Waals surface area contributed by atoms with Crippen molar-refractivity contribution in [1.29, 1.82) is 0 Å². The molecule has 0 spiro atoms. The molecule has 6 rings (SSSR count). The number of fused-ring (bicyclic) bond motifs is 1. The molecule has 2 nitrogen and oxygen atoms in total. The zero-order chi connectivity index (χ0) is 31.2. The van der Waals surface area contributed by atoms with Crippen molar-refractivity contribution < 1.29 is 0 Å². The number of hydrogen-bond donors (Lipinski definition) is 0. The van der Waals surface area contributed by atoms with Crippen LogP contribution in [-0.2, 0) is 0 Å². The highest BCUT2D eigenvalue weighted by molar-refractivity contribution is 5.98. The van der Waals surface area contributed by atoms with Gasteiger partial charge in [0.2, 0.25) is 0 Å². The van der Waals surface area contributed by atoms with Crippen molar-refractivity contribution in [3.63, 3.8) is 0 Å². The van der Waals surface area contributed by atoms with Gasteiger partial charge in [-0.15, -0.1) is 0 Å². The number of anilines is 4. The van der Waals surface area contributed by atoms with Gasteiger partial charge < -0.3 is 9.80 Å². The van der Waals surface area contributed by atoms with E-state index < -0.39 is 0 Å². The fraction of sp³-hybridized carbons (Fsp3) is 0.333. The van der Waals surface area contributed by atoms with Gasteiger partial charge in [-0.1, -0.05) is 126 Å². The Morgan fingerprint density at radius 3 is 1.80 bits per heavy atom. The van der Waals surface area contributed by atoms with Crippen LogP contribution < -0.4 is 9.80 Å². The highest BCUT2D eigenvalue weighted by Gasteiger charge is 2.52. The van der Waals surface area contributed by atoms with Crippen LogP contribution in [0.15, 0.2) is 115 Å². The molecule has 1 unspecified atom stereocenters. The average Bonchev–Trinajstić information content (AvgIpc) is 3.20. The van der Waals surface area contributed by atoms with E-state index in [1.54, 1.807) is 0 Å². The van der Waals surface area contributed by atoms with Gasteiger partial charge in [0.05, 0.1) is 11.7 Å². The largest absolute Gasteiger partial charge is 0.358 e. The molecule has 0 radical (unpaired) electrons. The highest BCUT2D eigenvalue weighted by atomic mass is 15.3. The van der Waals surface area contributed by atoms with Crippen molar-refractivity contribution in [2.45, 2.75) is 85.2 Å². The molecule has 0 N–H and O–H groups in total. The fourth-order valence-electron chi connectivity index (χ4n) is 8.03. The third-order valence-electron chi connectivity index (χ3n) is 9.61. The van der Waals surface area contributed by atoms with Crippen molar-refractivity contribution in [2.24, 2.45) is 5.41 Å². The number of rotatable bonds is 7. The van der Waals surface area contributed by atoms with E-state index in [2.05, 4.69) is 180 Å². The fourth-order valence-corrected chi connectivity index (χ4v) is 8.03. The number of para-hydroxylation sites is 2. The van der Waals surface area contributed by atoms with Gasteiger partial charge in [-0.3, -0.25) is 0 Å². The average molecular weight is 581 g/mol. The molecule has 1 fully saturated rings. The van der Waals surface area contributed by atoms with Gasteiger partial charge in [0, 0.05) is 28.0 Å². The second kappa shape index (κ2) is 11.5. The molecule has 0 aromatic heterocycles. The SMILES string of the molecule is CC(C)c1cccc(C(C)C)c1N1C(c2ccc(N(c3ccccc3)c3cccc4ccccc34)cc2)C(C)(C)CC1(C)C. The van der Waals surface area contributed by atoms with Gasteiger partial charge in [0.1, 0.15) is 0 Å². The minimum absolute atomic E-state index is 0.0144. The summed E-state index contributed by atoms with van der Waals surface area (Å²) < 4.78 is 0. The van der Waals surface area contributed by atoms with Gasteiger partial charge in [-0.05, 0) is 89.9 Å². The lowest BCUT2D eigenvalue weighted by Crippen LogP contribution is -2.41. The maximum Gasteiger partial charge on any atom is 0.0599 e. The molecule has 1 aliphatic rings. The highest BCUT2D eigenvalue weighted by Crippen LogP contribution is 2.58. The Morgan fingerprint density at radius 2 is 1.16 bits per heavy atom. The van der Waals surface area contributed by atoms with Crippen LogP contribution in [0.2, 0.25) is 0 Å². The van der Waals surface area contributed by atoms with Gasteiger partial charge in [0.25, 0.3) is 0 Å². The zero-order valence-electron chi connectivity index (χ0n) is 27.8. The van der Waals surface area contributed by atoms with Crippen molar-refractivity contribution in [1.82, 2.24) is 0 Å². The maximum atomic E-state index is 2.80. The maximum absolute atomic E-state index is 2.80. The van der Waals surface area contributed by atoms with Crippen LogP contribution in [0.1, 0.15) is 96.4 Å². The predicted octanol–water partition coefficient (Wildman–Crippen LogP) is 12.3. The quantitative estimate of drug-likeness (QED) is 0.189. The third kappa shape index (κ3) is 5.30. The first-order valence-electron chi connectivity index (χ1n) is 16.3. The summed E-state index contributed by atoms with van der Waals surface area (Å²) in [5.74, 6) is 0.901. The van der Waals surface area contributed by atoms with Crippen molar-refractivity contribution >= 4 is 33.5 Å². The summed E-state index contributed by atoms with van der Waals surface area (Å²) in [7, 11) is 0. The lowest BCUT2D eigenvalue weighted by Gasteiger charge is -2.43. The molecule has 0 aliphatic carbocycles. The van der Waals surface area contributed by atoms with E-state index in [1.807, 2.05) is 0 Å². The van der Waals surface area contributed by atoms with E-state index in [4.69, 9.17) is 0 Å². The molecule has 5 aromatic rings. The number of nitrogens with zero attached hydrogens (tertiary/aromatic N) is 2. The molecule has 44 heavy (non-hydrogen) atoms. The third-order valence-corrected chi connectivity index (χ3v) is 9.61. The second-order valence-corrected chi connectivity index (χ2v) is 14.6. The van der Waals surface area contributed by atoms with Crippen LogP contribution in [0.25, 0.3) is 10.8 Å². The van der Waals surface area contributed by atoms with E-state index >= 15 is 0 Å². The van der Waals surface area contributed by atoms with Crippen LogP contribution in [0.3, 0.4) is 0 Å². The summed E-state index contributed by atoms with van der Waals surface area (Å²) in [4.78, 5) is 5.20. The van der Waals surface area contributed by atoms with E-state index in [9.17, 15) is 0 Å². The topological polar surface area (TPSA) is 6.48 Å². The van der Waals surface area contributed by atoms with Crippen molar-refractivity contribution in [3.05, 3.63) is 132 Å². The summed E-state index contributed by atoms with van der Waals surface area (Å²) in [6.45, 7) is 19.2. The normalized spacial score (nSPS) is 17.5. The first-order chi connectivity index (χ1) is 21.0. The molecule has 1 aliphatic heterocycles. The summed E-state index contributed by atoms with van der Waals surface area (Å²) in [5, 5.41) is 2.50. The molecule has 1 atom stereocenters. The summed E-state index contributed by atoms with van der Waals surface area (Å²) in [6, 6.07) is 42.7. The van der Waals surface area contributed by atoms with Crippen molar-refractivity contribution in [2.75, 3.05) is 9.80 Å². The molecule has 2 heteroatoms. The first-order valence-corrected chi connectivity index (χ1v) is 16.3. The Labute approximate surface area is 265 Å². The molecular formula is C42H48N2. The van der Waals surface area contributed by atoms with Crippen LogP contribution in [0, 0.1) is 5.41 Å². The number of benzene rings is 5. The van der Waals surface area contributed by atoms with Gasteiger partial charge in [-0.25, -0.2) is 0 Å². The first kappa shape index (κ1) is 30.0. The summed E-state index contributed by atoms with van der Waals surface area (Å²) >= 11 is 0. The van der Waals surface area contributed by atoms with E-state index in [0.717, 1.165) is 12.1 Å². The Bertz CT molecular complexity index is 1710. The van der Waals surface area contributed by atoms with E-state index in [-0.39, 0.29) is 17.0 Å². The molecule has 226 valence electrons. The Kier molecular flexibility index (Phi) is 7.82. The van der Waals surface area contributed by atoms with Crippen LogP contribution in [0.4, 0.5) is 22.7 Å². The molecule has 0 amide bonds. The minimum atomic E-state index is 0.0144. The van der Waals surface area contributed by atoms with Crippen LogP contribution >= 0.6 is 0 Å². The smallest absolute Gasteiger partial charge is 0.0599 e. The van der Waals surface area contributed by atoms with E-state index in [1.165, 1.54) is 44.5 Å². The van der Waals surface area contributed by atoms with Gasteiger partial charge >= 0.3 is 0 Å². The standard InChI is InChI=1S/C42H48N2/c1-29(2)35-21-15-22-36(30(3)4)39(35)44-40(41(5,6)28-42(44,7)8)32-24-26-34(27-25-32)43(33-18-10-9-11-19-33)38-23-14-17-31-16-12-13-20-37(31)38/h9-27,29-30,40H,28H2,1-8H3. The minimum Gasteiger partial charge on any atom is -0.358 e. The van der Waals surface area contributed by atoms with E-state index in [0.29, 0.717) is 11.8 Å². The Hall–Kier alpha value is -4.04. The van der Waals surface area contributed by atoms with Crippen LogP contribution in [-0.4, -0.2) is 5.54 Å². The lowest BCUT2D eigenvalue weighted by atomic mass is 9.78. The summed E-state index contributed by atoms with van der Waals surface area (Å²) in [6.07, 6.45) is 1.13. The van der Waals surface area contributed by atoms with Gasteiger partial charge in [0.15, 0.2) is 0 Å². The molecule has 0 saturated carbocycles. The Morgan fingerprint density at radius 1 is 0.614 bits per heavy atom. The second-order valence-electron chi connectivity index (χ2n) is 14.6. The molecule has 1 saturated heterocycles.